The van der Waals surface area contributed by atoms with Crippen LogP contribution in [0.3, 0.4) is 0 Å². The van der Waals surface area contributed by atoms with E-state index in [1.807, 2.05) is 6.07 Å². The van der Waals surface area contributed by atoms with Crippen LogP contribution in [0, 0.1) is 5.82 Å². The number of hydrogen-bond donors (Lipinski definition) is 0. The number of carbonyl (C=O) groups is 1. The Hall–Kier alpha value is -4.20. The van der Waals surface area contributed by atoms with Gasteiger partial charge in [-0.2, -0.15) is 0 Å². The molecule has 2 aromatic carbocycles. The number of hydrogen-bond acceptors (Lipinski definition) is 6. The minimum Gasteiger partial charge on any atom is -0.493 e. The Bertz CT molecular complexity index is 1430. The number of amides is 1. The first-order valence-electron chi connectivity index (χ1n) is 10.2. The van der Waals surface area contributed by atoms with Crippen molar-refractivity contribution in [2.24, 2.45) is 0 Å². The van der Waals surface area contributed by atoms with Crippen molar-refractivity contribution in [1.82, 2.24) is 9.88 Å². The molecule has 0 radical (unpaired) electrons. The number of carbonyl (C=O) groups excluding carboxylic acids is 1. The Labute approximate surface area is 188 Å². The maximum atomic E-state index is 13.9. The topological polar surface area (TPSA) is 81.9 Å². The van der Waals surface area contributed by atoms with Crippen molar-refractivity contribution < 1.29 is 23.1 Å². The fraction of sp³-hybridized carbons (Fsp3) is 0.160. The van der Waals surface area contributed by atoms with Crippen molar-refractivity contribution in [2.75, 3.05) is 14.2 Å². The molecule has 0 saturated carbocycles. The first-order chi connectivity index (χ1) is 16.0. The van der Waals surface area contributed by atoms with Crippen LogP contribution in [0.5, 0.6) is 11.5 Å². The van der Waals surface area contributed by atoms with Gasteiger partial charge in [-0.3, -0.25) is 14.6 Å². The van der Waals surface area contributed by atoms with Gasteiger partial charge in [0, 0.05) is 18.9 Å². The van der Waals surface area contributed by atoms with Crippen LogP contribution in [0.4, 0.5) is 4.39 Å². The van der Waals surface area contributed by atoms with E-state index < -0.39 is 23.2 Å². The van der Waals surface area contributed by atoms with Gasteiger partial charge in [0.05, 0.1) is 31.2 Å². The second kappa shape index (κ2) is 8.05. The maximum Gasteiger partial charge on any atom is 0.291 e. The highest BCUT2D eigenvalue weighted by Gasteiger charge is 2.43. The van der Waals surface area contributed by atoms with E-state index in [1.165, 1.54) is 26.4 Å². The molecule has 0 bridgehead atoms. The van der Waals surface area contributed by atoms with E-state index in [-0.39, 0.29) is 28.8 Å². The van der Waals surface area contributed by atoms with Crippen LogP contribution in [0.1, 0.15) is 33.3 Å². The molecule has 0 aliphatic carbocycles. The van der Waals surface area contributed by atoms with Gasteiger partial charge < -0.3 is 18.8 Å². The van der Waals surface area contributed by atoms with Crippen molar-refractivity contribution in [1.29, 1.82) is 0 Å². The second-order valence-electron chi connectivity index (χ2n) is 7.63. The van der Waals surface area contributed by atoms with Gasteiger partial charge in [-0.15, -0.1) is 0 Å². The molecule has 8 heteroatoms. The van der Waals surface area contributed by atoms with E-state index in [1.54, 1.807) is 41.6 Å². The van der Waals surface area contributed by atoms with Gasteiger partial charge in [-0.1, -0.05) is 12.1 Å². The highest BCUT2D eigenvalue weighted by atomic mass is 19.1. The summed E-state index contributed by atoms with van der Waals surface area (Å²) in [6.45, 7) is 0.194. The summed E-state index contributed by atoms with van der Waals surface area (Å²) >= 11 is 0. The Kier molecular flexibility index (Phi) is 5.05. The van der Waals surface area contributed by atoms with Gasteiger partial charge in [0.15, 0.2) is 16.9 Å². The largest absolute Gasteiger partial charge is 0.493 e. The number of nitrogens with zero attached hydrogens (tertiary/aromatic N) is 2. The van der Waals surface area contributed by atoms with Crippen molar-refractivity contribution in [3.8, 4) is 11.5 Å². The summed E-state index contributed by atoms with van der Waals surface area (Å²) in [7, 11) is 3.03. The van der Waals surface area contributed by atoms with E-state index >= 15 is 0 Å². The Morgan fingerprint density at radius 3 is 2.61 bits per heavy atom. The monoisotopic (exact) mass is 446 g/mol. The minimum absolute atomic E-state index is 0.0530. The first kappa shape index (κ1) is 20.7. The minimum atomic E-state index is -0.767. The van der Waals surface area contributed by atoms with Gasteiger partial charge in [0.1, 0.15) is 11.4 Å². The summed E-state index contributed by atoms with van der Waals surface area (Å²) in [4.78, 5) is 32.6. The summed E-state index contributed by atoms with van der Waals surface area (Å²) in [5.74, 6) is -0.0839. The molecule has 1 atom stereocenters. The second-order valence-corrected chi connectivity index (χ2v) is 7.63. The molecule has 33 heavy (non-hydrogen) atoms. The molecule has 1 amide bonds. The molecule has 0 unspecified atom stereocenters. The van der Waals surface area contributed by atoms with Gasteiger partial charge in [0.2, 0.25) is 5.76 Å². The Balaban J connectivity index is 1.74. The SMILES string of the molecule is COc1ccc([C@@H]2c3c(oc4ccc(F)cc4c3=O)C(=O)N2Cc2cccnc2)cc1OC. The quantitative estimate of drug-likeness (QED) is 0.459. The molecule has 2 aromatic heterocycles. The zero-order chi connectivity index (χ0) is 23.1. The van der Waals surface area contributed by atoms with Crippen LogP contribution in [0.2, 0.25) is 0 Å². The number of ether oxygens (including phenoxy) is 2. The molecule has 1 aliphatic heterocycles. The molecule has 1 aliphatic rings. The molecular formula is C25H19FN2O5. The summed E-state index contributed by atoms with van der Waals surface area (Å²) in [6.07, 6.45) is 3.30. The fourth-order valence-electron chi connectivity index (χ4n) is 4.21. The molecule has 0 spiro atoms. The Morgan fingerprint density at radius 1 is 1.06 bits per heavy atom. The third-order valence-electron chi connectivity index (χ3n) is 5.73. The molecule has 0 N–H and O–H groups in total. The van der Waals surface area contributed by atoms with Crippen LogP contribution in [0.25, 0.3) is 11.0 Å². The number of aromatic nitrogens is 1. The van der Waals surface area contributed by atoms with Crippen LogP contribution in [-0.4, -0.2) is 30.0 Å². The lowest BCUT2D eigenvalue weighted by Crippen LogP contribution is -2.29. The lowest BCUT2D eigenvalue weighted by atomic mass is 9.98. The van der Waals surface area contributed by atoms with E-state index in [4.69, 9.17) is 13.9 Å². The molecule has 4 aromatic rings. The van der Waals surface area contributed by atoms with Crippen molar-refractivity contribution in [3.63, 3.8) is 0 Å². The van der Waals surface area contributed by atoms with Gasteiger partial charge in [0.25, 0.3) is 5.91 Å². The summed E-state index contributed by atoms with van der Waals surface area (Å²) < 4.78 is 30.5. The fourth-order valence-corrected chi connectivity index (χ4v) is 4.21. The number of methoxy groups -OCH3 is 2. The molecular weight excluding hydrogens is 427 g/mol. The van der Waals surface area contributed by atoms with E-state index in [9.17, 15) is 14.0 Å². The van der Waals surface area contributed by atoms with E-state index in [0.29, 0.717) is 17.1 Å². The molecule has 0 saturated heterocycles. The summed E-state index contributed by atoms with van der Waals surface area (Å²) in [6, 6.07) is 11.7. The third kappa shape index (κ3) is 3.40. The highest BCUT2D eigenvalue weighted by molar-refractivity contribution is 5.99. The average Bonchev–Trinajstić information content (AvgIpc) is 3.11. The first-order valence-corrected chi connectivity index (χ1v) is 10.2. The van der Waals surface area contributed by atoms with E-state index in [0.717, 1.165) is 11.6 Å². The molecule has 0 fully saturated rings. The lowest BCUT2D eigenvalue weighted by molar-refractivity contribution is 0.0714. The number of halogens is 1. The normalized spacial score (nSPS) is 15.1. The van der Waals surface area contributed by atoms with Crippen LogP contribution in [-0.2, 0) is 6.54 Å². The molecule has 166 valence electrons. The summed E-state index contributed by atoms with van der Waals surface area (Å²) in [5, 5.41) is 0.0789. The molecule has 7 nitrogen and oxygen atoms in total. The van der Waals surface area contributed by atoms with Gasteiger partial charge >= 0.3 is 0 Å². The van der Waals surface area contributed by atoms with Crippen LogP contribution >= 0.6 is 0 Å². The third-order valence-corrected chi connectivity index (χ3v) is 5.73. The zero-order valence-corrected chi connectivity index (χ0v) is 17.9. The smallest absolute Gasteiger partial charge is 0.291 e. The van der Waals surface area contributed by atoms with Crippen molar-refractivity contribution >= 4 is 16.9 Å². The van der Waals surface area contributed by atoms with E-state index in [2.05, 4.69) is 4.98 Å². The number of benzene rings is 2. The molecule has 5 rings (SSSR count). The van der Waals surface area contributed by atoms with Crippen LogP contribution in [0.15, 0.2) is 70.1 Å². The number of rotatable bonds is 5. The average molecular weight is 446 g/mol. The van der Waals surface area contributed by atoms with Crippen molar-refractivity contribution in [3.05, 3.63) is 99.4 Å². The van der Waals surface area contributed by atoms with Gasteiger partial charge in [-0.05, 0) is 47.5 Å². The number of fused-ring (bicyclic) bond motifs is 2. The lowest BCUT2D eigenvalue weighted by Gasteiger charge is -2.25. The number of pyridine rings is 1. The maximum absolute atomic E-state index is 13.9. The predicted molar refractivity (Wildman–Crippen MR) is 118 cm³/mol. The summed E-state index contributed by atoms with van der Waals surface area (Å²) in [5.41, 5.74) is 1.28. The highest BCUT2D eigenvalue weighted by Crippen LogP contribution is 2.41. The van der Waals surface area contributed by atoms with Crippen molar-refractivity contribution in [2.45, 2.75) is 12.6 Å². The van der Waals surface area contributed by atoms with Gasteiger partial charge in [-0.25, -0.2) is 4.39 Å². The van der Waals surface area contributed by atoms with Crippen LogP contribution < -0.4 is 14.9 Å². The Morgan fingerprint density at radius 2 is 1.88 bits per heavy atom. The predicted octanol–water partition coefficient (Wildman–Crippen LogP) is 4.09. The standard InChI is InChI=1S/C25H19FN2O5/c1-31-19-7-5-15(10-20(19)32-2)22-21-23(29)17-11-16(26)6-8-18(17)33-24(21)25(30)28(22)13-14-4-3-9-27-12-14/h3-12,22H,13H2,1-2H3/t22-/m1/s1. The molecule has 3 heterocycles. The zero-order valence-electron chi connectivity index (χ0n) is 17.9.